The molecule has 0 rings (SSSR count). The van der Waals surface area contributed by atoms with Gasteiger partial charge in [-0.25, -0.2) is 0 Å². The topological polar surface area (TPSA) is 0 Å². The lowest BCUT2D eigenvalue weighted by Gasteiger charge is -2.40. The standard InChI is InChI=1S/C17H10F26/c18-6(19,8(22,23)10(26,27)12(30,31)14(34,35)16(38,39)40)4-2-1-3-5-7(20,21)9(24,25)11(28,29)13(32,33)15(36,37)17(41,42)43/h1-5H2. The zero-order valence-electron chi connectivity index (χ0n) is 19.4. The van der Waals surface area contributed by atoms with Crippen LogP contribution in [0.4, 0.5) is 114 Å². The average Bonchev–Trinajstić information content (AvgIpc) is 2.75. The Balaban J connectivity index is 5.82. The van der Waals surface area contributed by atoms with Gasteiger partial charge < -0.3 is 0 Å². The zero-order valence-corrected chi connectivity index (χ0v) is 19.4. The molecule has 0 aliphatic heterocycles. The molecular weight excluding hydrogens is 698 g/mol. The highest BCUT2D eigenvalue weighted by Gasteiger charge is 2.92. The van der Waals surface area contributed by atoms with Crippen molar-refractivity contribution in [3.8, 4) is 0 Å². The van der Waals surface area contributed by atoms with Crippen LogP contribution in [0.3, 0.4) is 0 Å². The molecule has 0 aromatic carbocycles. The van der Waals surface area contributed by atoms with Crippen LogP contribution in [0.1, 0.15) is 32.1 Å². The summed E-state index contributed by atoms with van der Waals surface area (Å²) in [5.41, 5.74) is 0. The fourth-order valence-electron chi connectivity index (χ4n) is 2.79. The van der Waals surface area contributed by atoms with Crippen molar-refractivity contribution >= 4 is 0 Å². The molecule has 0 atom stereocenters. The Kier molecular flexibility index (Phi) is 10.5. The normalized spacial score (nSPS) is 16.6. The maximum Gasteiger partial charge on any atom is 0.460 e. The molecule has 0 amide bonds. The lowest BCUT2D eigenvalue weighted by atomic mass is 9.90. The van der Waals surface area contributed by atoms with Gasteiger partial charge >= 0.3 is 71.6 Å². The van der Waals surface area contributed by atoms with Crippen LogP contribution in [0.2, 0.25) is 0 Å². The second-order valence-corrected chi connectivity index (χ2v) is 8.56. The van der Waals surface area contributed by atoms with E-state index in [-0.39, 0.29) is 0 Å². The van der Waals surface area contributed by atoms with Gasteiger partial charge in [-0.3, -0.25) is 0 Å². The summed E-state index contributed by atoms with van der Waals surface area (Å²) in [6.45, 7) is 0. The molecular formula is C17H10F26. The maximum atomic E-state index is 13.6. The molecule has 0 aromatic rings. The molecule has 0 spiro atoms. The predicted octanol–water partition coefficient (Wildman–Crippen LogP) is 10.4. The fraction of sp³-hybridized carbons (Fsp3) is 1.00. The fourth-order valence-corrected chi connectivity index (χ4v) is 2.79. The minimum Gasteiger partial charge on any atom is -0.200 e. The van der Waals surface area contributed by atoms with Gasteiger partial charge in [0.25, 0.3) is 0 Å². The van der Waals surface area contributed by atoms with Crippen molar-refractivity contribution in [3.63, 3.8) is 0 Å². The summed E-state index contributed by atoms with van der Waals surface area (Å²) in [5, 5.41) is 0. The molecule has 43 heavy (non-hydrogen) atoms. The number of hydrogen-bond acceptors (Lipinski definition) is 0. The highest BCUT2D eigenvalue weighted by atomic mass is 19.4. The van der Waals surface area contributed by atoms with Crippen LogP contribution < -0.4 is 0 Å². The maximum absolute atomic E-state index is 13.6. The summed E-state index contributed by atoms with van der Waals surface area (Å²) in [6.07, 6.45) is -27.6. The lowest BCUT2D eigenvalue weighted by Crippen LogP contribution is -2.70. The number of hydrogen-bond donors (Lipinski definition) is 0. The van der Waals surface area contributed by atoms with E-state index in [2.05, 4.69) is 0 Å². The molecule has 0 saturated carbocycles. The molecule has 0 N–H and O–H groups in total. The van der Waals surface area contributed by atoms with Crippen molar-refractivity contribution in [2.45, 2.75) is 104 Å². The Morgan fingerprint density at radius 3 is 0.581 bits per heavy atom. The molecule has 0 aliphatic rings. The van der Waals surface area contributed by atoms with Gasteiger partial charge in [0, 0.05) is 12.8 Å². The van der Waals surface area contributed by atoms with Gasteiger partial charge in [0.2, 0.25) is 0 Å². The van der Waals surface area contributed by atoms with Gasteiger partial charge in [-0.1, -0.05) is 6.42 Å². The van der Waals surface area contributed by atoms with Crippen LogP contribution in [-0.2, 0) is 0 Å². The largest absolute Gasteiger partial charge is 0.460 e. The number of alkyl halides is 26. The molecule has 0 aromatic heterocycles. The van der Waals surface area contributed by atoms with Gasteiger partial charge in [0.05, 0.1) is 0 Å². The summed E-state index contributed by atoms with van der Waals surface area (Å²) in [7, 11) is 0. The summed E-state index contributed by atoms with van der Waals surface area (Å²) in [5.74, 6) is -78.4. The first-order chi connectivity index (χ1) is 18.2. The van der Waals surface area contributed by atoms with Crippen LogP contribution in [-0.4, -0.2) is 71.6 Å². The summed E-state index contributed by atoms with van der Waals surface area (Å²) in [6, 6.07) is 0. The summed E-state index contributed by atoms with van der Waals surface area (Å²) < 4.78 is 336. The SMILES string of the molecule is FC(F)(F)C(F)(F)C(F)(F)C(F)(F)C(F)(F)C(F)(F)CCCCCC(F)(F)C(F)(F)C(F)(F)C(F)(F)C(F)(F)C(F)(F)F. The first-order valence-corrected chi connectivity index (χ1v) is 10.1. The molecule has 0 fully saturated rings. The van der Waals surface area contributed by atoms with E-state index >= 15 is 0 Å². The van der Waals surface area contributed by atoms with Gasteiger partial charge in [-0.15, -0.1) is 0 Å². The van der Waals surface area contributed by atoms with E-state index in [0.717, 1.165) is 0 Å². The second-order valence-electron chi connectivity index (χ2n) is 8.56. The Hall–Kier alpha value is -1.82. The average molecular weight is 708 g/mol. The van der Waals surface area contributed by atoms with Crippen molar-refractivity contribution in [3.05, 3.63) is 0 Å². The Labute approximate surface area is 219 Å². The monoisotopic (exact) mass is 708 g/mol. The van der Waals surface area contributed by atoms with E-state index in [1.165, 1.54) is 0 Å². The molecule has 260 valence electrons. The van der Waals surface area contributed by atoms with Crippen molar-refractivity contribution < 1.29 is 114 Å². The van der Waals surface area contributed by atoms with Crippen LogP contribution >= 0.6 is 0 Å². The quantitative estimate of drug-likeness (QED) is 0.125. The number of unbranched alkanes of at least 4 members (excludes halogenated alkanes) is 2. The van der Waals surface area contributed by atoms with Crippen molar-refractivity contribution in [2.75, 3.05) is 0 Å². The van der Waals surface area contributed by atoms with Gasteiger partial charge in [-0.05, 0) is 12.8 Å². The Bertz CT molecular complexity index is 872. The molecule has 0 bridgehead atoms. The first kappa shape index (κ1) is 41.2. The number of halogens is 26. The molecule has 0 heterocycles. The van der Waals surface area contributed by atoms with E-state index in [1.807, 2.05) is 0 Å². The minimum atomic E-state index is -8.30. The highest BCUT2D eigenvalue weighted by molar-refractivity contribution is 5.11. The third kappa shape index (κ3) is 6.08. The van der Waals surface area contributed by atoms with Gasteiger partial charge in [0.1, 0.15) is 0 Å². The zero-order chi connectivity index (χ0) is 35.5. The number of rotatable bonds is 14. The third-order valence-corrected chi connectivity index (χ3v) is 5.48. The molecule has 0 unspecified atom stereocenters. The van der Waals surface area contributed by atoms with Gasteiger partial charge in [-0.2, -0.15) is 114 Å². The Morgan fingerprint density at radius 2 is 0.395 bits per heavy atom. The molecule has 0 nitrogen and oxygen atoms in total. The van der Waals surface area contributed by atoms with Gasteiger partial charge in [0.15, 0.2) is 0 Å². The van der Waals surface area contributed by atoms with Crippen LogP contribution in [0, 0.1) is 0 Å². The van der Waals surface area contributed by atoms with Crippen molar-refractivity contribution in [2.24, 2.45) is 0 Å². The van der Waals surface area contributed by atoms with E-state index in [1.54, 1.807) is 0 Å². The molecule has 0 aliphatic carbocycles. The minimum absolute atomic E-state index is 1.82. The van der Waals surface area contributed by atoms with Crippen molar-refractivity contribution in [1.29, 1.82) is 0 Å². The second kappa shape index (κ2) is 10.9. The third-order valence-electron chi connectivity index (χ3n) is 5.48. The smallest absolute Gasteiger partial charge is 0.200 e. The summed E-state index contributed by atoms with van der Waals surface area (Å²) >= 11 is 0. The van der Waals surface area contributed by atoms with E-state index in [0.29, 0.717) is 0 Å². The molecule has 0 radical (unpaired) electrons. The lowest BCUT2D eigenvalue weighted by molar-refractivity contribution is -0.440. The molecule has 26 heteroatoms. The van der Waals surface area contributed by atoms with E-state index in [4.69, 9.17) is 0 Å². The first-order valence-electron chi connectivity index (χ1n) is 10.1. The van der Waals surface area contributed by atoms with Crippen LogP contribution in [0.15, 0.2) is 0 Å². The predicted molar refractivity (Wildman–Crippen MR) is 84.7 cm³/mol. The van der Waals surface area contributed by atoms with Crippen LogP contribution in [0.25, 0.3) is 0 Å². The molecule has 0 saturated heterocycles. The van der Waals surface area contributed by atoms with Crippen molar-refractivity contribution in [1.82, 2.24) is 0 Å². The van der Waals surface area contributed by atoms with Crippen LogP contribution in [0.5, 0.6) is 0 Å². The van der Waals surface area contributed by atoms with E-state index in [9.17, 15) is 114 Å². The summed E-state index contributed by atoms with van der Waals surface area (Å²) in [4.78, 5) is 0. The Morgan fingerprint density at radius 1 is 0.209 bits per heavy atom. The van der Waals surface area contributed by atoms with E-state index < -0.39 is 104 Å². The highest BCUT2D eigenvalue weighted by Crippen LogP contribution is 2.62.